The van der Waals surface area contributed by atoms with Gasteiger partial charge in [-0.2, -0.15) is 28.9 Å². The van der Waals surface area contributed by atoms with Crippen molar-refractivity contribution in [3.05, 3.63) is 109 Å². The molecule has 6 aromatic rings. The minimum Gasteiger partial charge on any atom is -0.505 e. The van der Waals surface area contributed by atoms with Crippen LogP contribution in [0.1, 0.15) is 19.4 Å². The summed E-state index contributed by atoms with van der Waals surface area (Å²) in [6, 6.07) is 26.5. The summed E-state index contributed by atoms with van der Waals surface area (Å²) in [5.74, 6) is -1.16. The molecule has 30 heteroatoms. The highest BCUT2D eigenvalue weighted by atomic mass is 32.2. The maximum Gasteiger partial charge on any atom is 0.296 e. The van der Waals surface area contributed by atoms with Crippen LogP contribution in [0.5, 0.6) is 5.75 Å². The molecule has 0 spiro atoms. The second kappa shape index (κ2) is 25.8. The molecule has 72 heavy (non-hydrogen) atoms. The molecule has 0 radical (unpaired) electrons. The van der Waals surface area contributed by atoms with Crippen molar-refractivity contribution in [1.82, 2.24) is 0 Å². The Morgan fingerprint density at radius 1 is 0.722 bits per heavy atom. The van der Waals surface area contributed by atoms with Gasteiger partial charge in [0, 0.05) is 31.5 Å². The number of phenols is 1. The zero-order chi connectivity index (χ0) is 52.6. The fourth-order valence-corrected chi connectivity index (χ4v) is 9.97. The molecular weight excluding hydrogens is 1040 g/mol. The lowest BCUT2D eigenvalue weighted by Gasteiger charge is -2.21. The number of rotatable bonds is 22. The fraction of sp³-hybridized carbons (Fsp3) is 0.190. The Bertz CT molecular complexity index is 3260. The molecule has 0 heterocycles. The van der Waals surface area contributed by atoms with E-state index in [0.29, 0.717) is 34.8 Å². The van der Waals surface area contributed by atoms with Crippen molar-refractivity contribution in [2.45, 2.75) is 40.4 Å². The van der Waals surface area contributed by atoms with E-state index in [4.69, 9.17) is 26.2 Å². The highest BCUT2D eigenvalue weighted by Crippen LogP contribution is 2.49. The van der Waals surface area contributed by atoms with Crippen molar-refractivity contribution < 1.29 is 68.4 Å². The molecule has 0 saturated carbocycles. The van der Waals surface area contributed by atoms with Gasteiger partial charge in [0.15, 0.2) is 27.9 Å². The predicted octanol–water partition coefficient (Wildman–Crippen LogP) is 10.3. The van der Waals surface area contributed by atoms with Gasteiger partial charge < -0.3 is 21.5 Å². The number of aryl methyl sites for hydroxylation is 1. The molecule has 0 bridgehead atoms. The van der Waals surface area contributed by atoms with Crippen LogP contribution >= 0.6 is 24.4 Å². The van der Waals surface area contributed by atoms with Crippen molar-refractivity contribution in [1.29, 1.82) is 0 Å². The lowest BCUT2D eigenvalue weighted by Crippen LogP contribution is -2.21. The third-order valence-electron chi connectivity index (χ3n) is 9.81. The Hall–Kier alpha value is -6.39. The van der Waals surface area contributed by atoms with E-state index in [0.717, 1.165) is 30.4 Å². The van der Waals surface area contributed by atoms with Crippen LogP contribution in [0.25, 0.3) is 10.8 Å². The smallest absolute Gasteiger partial charge is 0.296 e. The molecular formula is C42H46N10O15S5. The van der Waals surface area contributed by atoms with Gasteiger partial charge in [-0.15, -0.1) is 18.9 Å². The van der Waals surface area contributed by atoms with E-state index >= 15 is 0 Å². The van der Waals surface area contributed by atoms with Gasteiger partial charge in [-0.1, -0.05) is 27.8 Å². The van der Waals surface area contributed by atoms with Crippen molar-refractivity contribution in [2.75, 3.05) is 53.6 Å². The highest BCUT2D eigenvalue weighted by Gasteiger charge is 2.26. The number of sulfone groups is 1. The molecule has 25 nitrogen and oxygen atoms in total. The van der Waals surface area contributed by atoms with Gasteiger partial charge in [0.05, 0.1) is 67.2 Å². The number of hydrogen-bond acceptors (Lipinski definition) is 25. The summed E-state index contributed by atoms with van der Waals surface area (Å²) in [5.41, 5.74) is 15.8. The van der Waals surface area contributed by atoms with Gasteiger partial charge in [0.1, 0.15) is 22.0 Å². The predicted molar refractivity (Wildman–Crippen MR) is 269 cm³/mol. The van der Waals surface area contributed by atoms with E-state index in [2.05, 4.69) is 72.9 Å². The molecule has 0 unspecified atom stereocenters. The van der Waals surface area contributed by atoms with Crippen LogP contribution in [0.3, 0.4) is 0 Å². The van der Waals surface area contributed by atoms with E-state index in [1.54, 1.807) is 48.5 Å². The second-order valence-corrected chi connectivity index (χ2v) is 20.9. The number of sulfonamides is 1. The molecule has 0 atom stereocenters. The summed E-state index contributed by atoms with van der Waals surface area (Å²) in [6.07, 6.45) is 0. The molecule has 0 aliphatic heterocycles. The van der Waals surface area contributed by atoms with Gasteiger partial charge >= 0.3 is 0 Å². The minimum atomic E-state index is -4.86. The van der Waals surface area contributed by atoms with E-state index in [9.17, 15) is 34.9 Å². The normalized spacial score (nSPS) is 12.2. The van der Waals surface area contributed by atoms with Gasteiger partial charge in [-0.05, 0) is 117 Å². The molecule has 0 saturated heterocycles. The molecule has 384 valence electrons. The zero-order valence-electron chi connectivity index (χ0n) is 38.2. The molecule has 0 amide bonds. The van der Waals surface area contributed by atoms with E-state index < -0.39 is 52.1 Å². The standard InChI is InChI=1S/C23H27N5O2S.C19H19N5O13S4/c1-4-28(5-2)20-12-15-23(22(24)16-20)26-25-18-8-10-19(11-9-18)27-31(29,30)21-13-6-17(3)7-14-21;1-21-23-18-14(41(30,31)32)9-10-8-13(38-36-34-26)17(16(20)15(10)19(18)25)24-22-11-2-4-12(5-3-11)40(28,29)7-6-33-39-37-35-27/h6-16,27H,4-5,24H2,1-3H3;2-5,8-9,25-27H,6-7,20H2,1H3,(H,30,31,32). The molecule has 0 aliphatic rings. The van der Waals surface area contributed by atoms with Crippen LogP contribution in [0.4, 0.5) is 51.2 Å². The summed E-state index contributed by atoms with van der Waals surface area (Å²) in [5, 5.41) is 57.7. The zero-order valence-corrected chi connectivity index (χ0v) is 42.3. The number of nitrogens with zero attached hydrogens (tertiary/aromatic N) is 7. The van der Waals surface area contributed by atoms with E-state index in [1.807, 2.05) is 25.1 Å². The molecule has 6 rings (SSSR count). The second-order valence-electron chi connectivity index (χ2n) is 14.4. The molecule has 9 N–H and O–H groups in total. The maximum atomic E-state index is 12.5. The Morgan fingerprint density at radius 2 is 1.33 bits per heavy atom. The average Bonchev–Trinajstić information content (AvgIpc) is 3.34. The Morgan fingerprint density at radius 3 is 1.92 bits per heavy atom. The van der Waals surface area contributed by atoms with Gasteiger partial charge in [0.25, 0.3) is 20.1 Å². The number of anilines is 4. The van der Waals surface area contributed by atoms with E-state index in [-0.39, 0.29) is 61.5 Å². The van der Waals surface area contributed by atoms with Crippen LogP contribution in [-0.2, 0) is 52.9 Å². The Balaban J connectivity index is 0.000000278. The van der Waals surface area contributed by atoms with Gasteiger partial charge in [-0.3, -0.25) is 13.5 Å². The summed E-state index contributed by atoms with van der Waals surface area (Å²) in [6.45, 7) is 7.62. The first-order valence-electron chi connectivity index (χ1n) is 20.6. The third-order valence-corrected chi connectivity index (χ3v) is 14.8. The molecule has 6 aromatic carbocycles. The number of azo groups is 3. The Kier molecular flexibility index (Phi) is 20.3. The molecule has 0 aromatic heterocycles. The number of aromatic hydroxyl groups is 1. The van der Waals surface area contributed by atoms with Crippen molar-refractivity contribution in [3.63, 3.8) is 0 Å². The van der Waals surface area contributed by atoms with Crippen molar-refractivity contribution in [2.24, 2.45) is 30.7 Å². The number of hydrogen-bond donors (Lipinski definition) is 7. The maximum absolute atomic E-state index is 12.5. The van der Waals surface area contributed by atoms with E-state index in [1.165, 1.54) is 37.4 Å². The van der Waals surface area contributed by atoms with Crippen molar-refractivity contribution >= 4 is 116 Å². The van der Waals surface area contributed by atoms with Crippen LogP contribution < -0.4 is 21.1 Å². The van der Waals surface area contributed by atoms with Gasteiger partial charge in [0.2, 0.25) is 0 Å². The number of fused-ring (bicyclic) bond motifs is 1. The summed E-state index contributed by atoms with van der Waals surface area (Å²) in [7, 11) is -11.1. The van der Waals surface area contributed by atoms with Gasteiger partial charge in [-0.25, -0.2) is 27.4 Å². The molecule has 0 fully saturated rings. The van der Waals surface area contributed by atoms with Crippen LogP contribution in [-0.4, -0.2) is 77.9 Å². The third kappa shape index (κ3) is 15.1. The number of nitrogens with two attached hydrogens (primary N) is 2. The minimum absolute atomic E-state index is 0.00180. The SMILES string of the molecule is CCN(CC)c1ccc(N=Nc2ccc(NS(=O)(=O)c3ccc(C)cc3)cc2)c(N)c1.CN=Nc1c(S(=O)(=O)O)cc2cc(SOOO)c(N=Nc3ccc(S(=O)(=O)CCOSOOO)cc3)c(N)c2c1O. The molecule has 0 aliphatic carbocycles. The van der Waals surface area contributed by atoms with Crippen LogP contribution in [0, 0.1) is 6.92 Å². The number of nitrogen functional groups attached to an aromatic ring is 2. The number of phenolic OH excluding ortho intramolecular Hbond substituents is 1. The monoisotopic (exact) mass is 1090 g/mol. The lowest BCUT2D eigenvalue weighted by atomic mass is 10.1. The number of benzene rings is 6. The fourth-order valence-electron chi connectivity index (χ4n) is 6.34. The first-order chi connectivity index (χ1) is 34.3. The topological polar surface area (TPSA) is 371 Å². The Labute approximate surface area is 421 Å². The summed E-state index contributed by atoms with van der Waals surface area (Å²) >= 11 is 0.637. The highest BCUT2D eigenvalue weighted by molar-refractivity contribution is 7.94. The first-order valence-corrected chi connectivity index (χ1v) is 26.6. The van der Waals surface area contributed by atoms with Crippen LogP contribution in [0.2, 0.25) is 0 Å². The quantitative estimate of drug-likeness (QED) is 0.00631. The summed E-state index contributed by atoms with van der Waals surface area (Å²) < 4.78 is 99.0. The number of nitrogens with one attached hydrogen (secondary N) is 1. The van der Waals surface area contributed by atoms with Crippen molar-refractivity contribution in [3.8, 4) is 5.75 Å². The lowest BCUT2D eigenvalue weighted by molar-refractivity contribution is -0.434. The largest absolute Gasteiger partial charge is 0.505 e. The van der Waals surface area contributed by atoms with Crippen LogP contribution in [0.15, 0.2) is 153 Å². The average molecular weight is 1090 g/mol. The first kappa shape index (κ1) is 56.5. The summed E-state index contributed by atoms with van der Waals surface area (Å²) in [4.78, 5) is 1.62.